The van der Waals surface area contributed by atoms with Crippen LogP contribution in [-0.2, 0) is 0 Å². The second-order valence-electron chi connectivity index (χ2n) is 1.88. The fourth-order valence-corrected chi connectivity index (χ4v) is 1.32. The van der Waals surface area contributed by atoms with Crippen LogP contribution >= 0.6 is 15.9 Å². The molecule has 4 nitrogen and oxygen atoms in total. The topological polar surface area (TPSA) is 49.8 Å². The first-order chi connectivity index (χ1) is 5.29. The Bertz CT molecular complexity index is 228. The van der Waals surface area contributed by atoms with Crippen LogP contribution < -0.4 is 10.6 Å². The molecule has 0 saturated heterocycles. The summed E-state index contributed by atoms with van der Waals surface area (Å²) in [7, 11) is 3.62. The van der Waals surface area contributed by atoms with Gasteiger partial charge in [-0.3, -0.25) is 0 Å². The zero-order valence-electron chi connectivity index (χ0n) is 6.35. The van der Waals surface area contributed by atoms with E-state index in [0.717, 1.165) is 16.1 Å². The number of halogens is 1. The third kappa shape index (κ3) is 1.59. The molecule has 11 heavy (non-hydrogen) atoms. The van der Waals surface area contributed by atoms with Crippen molar-refractivity contribution in [1.82, 2.24) is 9.97 Å². The lowest BCUT2D eigenvalue weighted by molar-refractivity contribution is 1.14. The monoisotopic (exact) mass is 216 g/mol. The Balaban J connectivity index is 3.10. The van der Waals surface area contributed by atoms with E-state index in [1.807, 2.05) is 14.1 Å². The highest BCUT2D eigenvalue weighted by molar-refractivity contribution is 9.10. The summed E-state index contributed by atoms with van der Waals surface area (Å²) in [6, 6.07) is 0. The lowest BCUT2D eigenvalue weighted by atomic mass is 10.5. The van der Waals surface area contributed by atoms with Crippen molar-refractivity contribution in [2.75, 3.05) is 24.7 Å². The van der Waals surface area contributed by atoms with Crippen LogP contribution in [0, 0.1) is 0 Å². The molecule has 2 N–H and O–H groups in total. The van der Waals surface area contributed by atoms with Gasteiger partial charge in [0.2, 0.25) is 0 Å². The zero-order chi connectivity index (χ0) is 8.27. The van der Waals surface area contributed by atoms with Crippen LogP contribution in [0.25, 0.3) is 0 Å². The number of hydrogen-bond donors (Lipinski definition) is 2. The summed E-state index contributed by atoms with van der Waals surface area (Å²) in [5.74, 6) is 1.56. The summed E-state index contributed by atoms with van der Waals surface area (Å²) < 4.78 is 0.852. The molecule has 1 aromatic heterocycles. The Labute approximate surface area is 73.6 Å². The molecule has 1 heterocycles. The maximum atomic E-state index is 4.00. The molecule has 0 atom stereocenters. The van der Waals surface area contributed by atoms with Crippen molar-refractivity contribution in [3.05, 3.63) is 10.8 Å². The summed E-state index contributed by atoms with van der Waals surface area (Å²) in [5, 5.41) is 5.86. The summed E-state index contributed by atoms with van der Waals surface area (Å²) in [5.41, 5.74) is 0. The molecule has 0 aliphatic carbocycles. The molecular weight excluding hydrogens is 208 g/mol. The van der Waals surface area contributed by atoms with E-state index in [-0.39, 0.29) is 0 Å². The normalized spacial score (nSPS) is 9.36. The first-order valence-electron chi connectivity index (χ1n) is 3.15. The Morgan fingerprint density at radius 3 is 2.00 bits per heavy atom. The van der Waals surface area contributed by atoms with Crippen molar-refractivity contribution in [2.24, 2.45) is 0 Å². The summed E-state index contributed by atoms with van der Waals surface area (Å²) in [6.45, 7) is 0. The van der Waals surface area contributed by atoms with Gasteiger partial charge >= 0.3 is 0 Å². The van der Waals surface area contributed by atoms with Gasteiger partial charge in [-0.15, -0.1) is 0 Å². The third-order valence-corrected chi connectivity index (χ3v) is 2.01. The minimum atomic E-state index is 0.782. The van der Waals surface area contributed by atoms with E-state index in [4.69, 9.17) is 0 Å². The van der Waals surface area contributed by atoms with E-state index in [2.05, 4.69) is 36.5 Å². The van der Waals surface area contributed by atoms with Gasteiger partial charge in [0.15, 0.2) is 0 Å². The highest BCUT2D eigenvalue weighted by atomic mass is 79.9. The molecule has 60 valence electrons. The van der Waals surface area contributed by atoms with Crippen LogP contribution in [0.2, 0.25) is 0 Å². The number of hydrogen-bond acceptors (Lipinski definition) is 4. The van der Waals surface area contributed by atoms with Gasteiger partial charge in [0, 0.05) is 14.1 Å². The van der Waals surface area contributed by atoms with Gasteiger partial charge in [-0.25, -0.2) is 9.97 Å². The highest BCUT2D eigenvalue weighted by Gasteiger charge is 2.03. The second kappa shape index (κ2) is 3.52. The number of nitrogens with one attached hydrogen (secondary N) is 2. The van der Waals surface area contributed by atoms with E-state index in [1.54, 1.807) is 0 Å². The standard InChI is InChI=1S/C6H9BrN4/c1-8-5-4(7)6(9-2)11-3-10-5/h3H,1-2H3,(H2,8,9,10,11). The average molecular weight is 217 g/mol. The fourth-order valence-electron chi connectivity index (χ4n) is 0.718. The quantitative estimate of drug-likeness (QED) is 0.784. The van der Waals surface area contributed by atoms with Gasteiger partial charge in [0.05, 0.1) is 0 Å². The molecule has 0 bridgehead atoms. The van der Waals surface area contributed by atoms with Crippen molar-refractivity contribution in [1.29, 1.82) is 0 Å². The molecule has 5 heteroatoms. The molecule has 0 spiro atoms. The molecule has 1 rings (SSSR count). The molecule has 1 aromatic rings. The molecule has 0 fully saturated rings. The van der Waals surface area contributed by atoms with Gasteiger partial charge in [0.1, 0.15) is 22.4 Å². The molecule has 0 aliphatic rings. The van der Waals surface area contributed by atoms with Crippen molar-refractivity contribution in [3.8, 4) is 0 Å². The van der Waals surface area contributed by atoms with E-state index >= 15 is 0 Å². The minimum absolute atomic E-state index is 0.782. The summed E-state index contributed by atoms with van der Waals surface area (Å²) >= 11 is 3.35. The SMILES string of the molecule is CNc1ncnc(NC)c1Br. The van der Waals surface area contributed by atoms with Crippen LogP contribution in [0.3, 0.4) is 0 Å². The van der Waals surface area contributed by atoms with Crippen molar-refractivity contribution < 1.29 is 0 Å². The Morgan fingerprint density at radius 2 is 1.64 bits per heavy atom. The Morgan fingerprint density at radius 1 is 1.18 bits per heavy atom. The van der Waals surface area contributed by atoms with Crippen LogP contribution in [0.4, 0.5) is 11.6 Å². The number of nitrogens with zero attached hydrogens (tertiary/aromatic N) is 2. The maximum Gasteiger partial charge on any atom is 0.145 e. The lowest BCUT2D eigenvalue weighted by Gasteiger charge is -2.05. The predicted octanol–water partition coefficient (Wildman–Crippen LogP) is 1.32. The number of rotatable bonds is 2. The minimum Gasteiger partial charge on any atom is -0.372 e. The third-order valence-electron chi connectivity index (χ3n) is 1.26. The maximum absolute atomic E-state index is 4.00. The highest BCUT2D eigenvalue weighted by Crippen LogP contribution is 2.25. The second-order valence-corrected chi connectivity index (χ2v) is 2.68. The predicted molar refractivity (Wildman–Crippen MR) is 48.8 cm³/mol. The van der Waals surface area contributed by atoms with Crippen molar-refractivity contribution in [2.45, 2.75) is 0 Å². The number of anilines is 2. The molecule has 0 saturated carbocycles. The molecule has 0 unspecified atom stereocenters. The summed E-state index contributed by atoms with van der Waals surface area (Å²) in [4.78, 5) is 7.99. The molecule has 0 aromatic carbocycles. The van der Waals surface area contributed by atoms with Crippen molar-refractivity contribution in [3.63, 3.8) is 0 Å². The van der Waals surface area contributed by atoms with E-state index in [1.165, 1.54) is 6.33 Å². The van der Waals surface area contributed by atoms with Gasteiger partial charge in [-0.1, -0.05) is 0 Å². The molecule has 0 radical (unpaired) electrons. The van der Waals surface area contributed by atoms with Gasteiger partial charge < -0.3 is 10.6 Å². The molecule has 0 amide bonds. The molecular formula is C6H9BrN4. The molecule has 0 aliphatic heterocycles. The van der Waals surface area contributed by atoms with E-state index in [0.29, 0.717) is 0 Å². The average Bonchev–Trinajstić information content (AvgIpc) is 2.05. The van der Waals surface area contributed by atoms with Crippen LogP contribution in [0.15, 0.2) is 10.8 Å². The fraction of sp³-hybridized carbons (Fsp3) is 0.333. The number of aromatic nitrogens is 2. The van der Waals surface area contributed by atoms with Gasteiger partial charge in [-0.2, -0.15) is 0 Å². The summed E-state index contributed by atoms with van der Waals surface area (Å²) in [6.07, 6.45) is 1.50. The van der Waals surface area contributed by atoms with Crippen molar-refractivity contribution >= 4 is 27.6 Å². The van der Waals surface area contributed by atoms with Gasteiger partial charge in [-0.05, 0) is 15.9 Å². The smallest absolute Gasteiger partial charge is 0.145 e. The largest absolute Gasteiger partial charge is 0.372 e. The van der Waals surface area contributed by atoms with Crippen LogP contribution in [0.5, 0.6) is 0 Å². The van der Waals surface area contributed by atoms with Gasteiger partial charge in [0.25, 0.3) is 0 Å². The van der Waals surface area contributed by atoms with E-state index < -0.39 is 0 Å². The van der Waals surface area contributed by atoms with Crippen LogP contribution in [0.1, 0.15) is 0 Å². The lowest BCUT2D eigenvalue weighted by Crippen LogP contribution is -1.99. The van der Waals surface area contributed by atoms with Crippen LogP contribution in [-0.4, -0.2) is 24.1 Å². The zero-order valence-corrected chi connectivity index (χ0v) is 7.94. The first kappa shape index (κ1) is 8.26. The Hall–Kier alpha value is -0.840. The first-order valence-corrected chi connectivity index (χ1v) is 3.95. The Kier molecular flexibility index (Phi) is 2.64. The van der Waals surface area contributed by atoms with E-state index in [9.17, 15) is 0 Å².